The van der Waals surface area contributed by atoms with Gasteiger partial charge in [-0.15, -0.1) is 22.7 Å². The number of aliphatic hydroxyl groups is 1. The van der Waals surface area contributed by atoms with E-state index in [0.29, 0.717) is 33.0 Å². The lowest BCUT2D eigenvalue weighted by molar-refractivity contribution is -0.113. The first kappa shape index (κ1) is 23.4. The van der Waals surface area contributed by atoms with Crippen LogP contribution in [0.4, 0.5) is 9.52 Å². The first-order chi connectivity index (χ1) is 17.9. The summed E-state index contributed by atoms with van der Waals surface area (Å²) >= 11 is 3.91. The molecule has 12 heteroatoms. The second-order valence-corrected chi connectivity index (χ2v) is 10.8. The Morgan fingerprint density at radius 3 is 2.78 bits per heavy atom. The summed E-state index contributed by atoms with van der Waals surface area (Å²) in [6, 6.07) is 14.5. The van der Waals surface area contributed by atoms with Crippen LogP contribution in [0.1, 0.15) is 4.88 Å². The third-order valence-electron chi connectivity index (χ3n) is 5.26. The normalized spacial score (nSPS) is 13.1. The SMILES string of the molecule is CN1Sc2cc(-c3ccco3)sc2C(O)=C1C(=O)Nc1nc(-c2ccc(Oc3ccc(F)cc3)o2)cs1. The van der Waals surface area contributed by atoms with Gasteiger partial charge in [0.1, 0.15) is 23.0 Å². The summed E-state index contributed by atoms with van der Waals surface area (Å²) in [5, 5.41) is 15.8. The highest BCUT2D eigenvalue weighted by molar-refractivity contribution is 7.97. The van der Waals surface area contributed by atoms with E-state index in [9.17, 15) is 14.3 Å². The second-order valence-electron chi connectivity index (χ2n) is 7.73. The Labute approximate surface area is 221 Å². The molecule has 2 N–H and O–H groups in total. The van der Waals surface area contributed by atoms with Crippen molar-refractivity contribution in [2.24, 2.45) is 0 Å². The molecule has 1 aromatic carbocycles. The highest BCUT2D eigenvalue weighted by Crippen LogP contribution is 2.46. The number of aromatic nitrogens is 1. The van der Waals surface area contributed by atoms with Crippen LogP contribution >= 0.6 is 34.6 Å². The lowest BCUT2D eigenvalue weighted by Gasteiger charge is -2.25. The Morgan fingerprint density at radius 1 is 1.16 bits per heavy atom. The summed E-state index contributed by atoms with van der Waals surface area (Å²) in [6.07, 6.45) is 1.59. The van der Waals surface area contributed by atoms with E-state index in [1.165, 1.54) is 58.9 Å². The van der Waals surface area contributed by atoms with E-state index in [1.807, 2.05) is 12.1 Å². The predicted molar refractivity (Wildman–Crippen MR) is 140 cm³/mol. The van der Waals surface area contributed by atoms with Crippen molar-refractivity contribution in [3.8, 4) is 33.8 Å². The fraction of sp³-hybridized carbons (Fsp3) is 0.0400. The van der Waals surface area contributed by atoms with Gasteiger partial charge in [-0.3, -0.25) is 10.1 Å². The smallest absolute Gasteiger partial charge is 0.290 e. The number of thiazole rings is 1. The molecule has 0 aliphatic carbocycles. The van der Waals surface area contributed by atoms with Gasteiger partial charge in [-0.1, -0.05) is 0 Å². The zero-order valence-electron chi connectivity index (χ0n) is 18.9. The molecule has 0 fully saturated rings. The number of carbonyl (C=O) groups excluding carboxylic acids is 1. The molecule has 5 heterocycles. The molecule has 4 aromatic heterocycles. The molecule has 0 atom stereocenters. The zero-order valence-corrected chi connectivity index (χ0v) is 21.4. The fourth-order valence-corrected chi connectivity index (χ4v) is 6.46. The number of fused-ring (bicyclic) bond motifs is 1. The molecule has 0 spiro atoms. The number of benzene rings is 1. The number of hydrogen-bond acceptors (Lipinski definition) is 10. The first-order valence-corrected chi connectivity index (χ1v) is 13.2. The number of ether oxygens (including phenoxy) is 1. The van der Waals surface area contributed by atoms with Gasteiger partial charge < -0.3 is 23.0 Å². The van der Waals surface area contributed by atoms with Gasteiger partial charge in [0.05, 0.1) is 20.9 Å². The number of halogens is 1. The van der Waals surface area contributed by atoms with Crippen LogP contribution in [-0.2, 0) is 4.79 Å². The maximum absolute atomic E-state index is 13.1. The Balaban J connectivity index is 1.18. The minimum absolute atomic E-state index is 0.109. The number of furan rings is 2. The van der Waals surface area contributed by atoms with Crippen LogP contribution in [-0.4, -0.2) is 27.4 Å². The van der Waals surface area contributed by atoms with Crippen LogP contribution in [0.25, 0.3) is 27.9 Å². The fourth-order valence-electron chi connectivity index (χ4n) is 3.58. The minimum Gasteiger partial charge on any atom is -0.504 e. The molecular formula is C25H16FN3O5S3. The molecule has 37 heavy (non-hydrogen) atoms. The van der Waals surface area contributed by atoms with Crippen molar-refractivity contribution in [1.29, 1.82) is 0 Å². The number of amides is 1. The molecule has 0 bridgehead atoms. The van der Waals surface area contributed by atoms with Gasteiger partial charge in [0.2, 0.25) is 0 Å². The van der Waals surface area contributed by atoms with Crippen LogP contribution in [0.15, 0.2) is 85.7 Å². The maximum atomic E-state index is 13.1. The quantitative estimate of drug-likeness (QED) is 0.209. The zero-order chi connectivity index (χ0) is 25.5. The van der Waals surface area contributed by atoms with Crippen molar-refractivity contribution in [3.63, 3.8) is 0 Å². The molecule has 1 aliphatic rings. The number of rotatable bonds is 6. The van der Waals surface area contributed by atoms with E-state index in [1.54, 1.807) is 41.2 Å². The molecule has 0 saturated heterocycles. The van der Waals surface area contributed by atoms with Gasteiger partial charge in [0.25, 0.3) is 11.9 Å². The molecule has 6 rings (SSSR count). The summed E-state index contributed by atoms with van der Waals surface area (Å²) in [4.78, 5) is 19.8. The average Bonchev–Trinajstić information content (AvgIpc) is 3.67. The Morgan fingerprint density at radius 2 is 2.00 bits per heavy atom. The number of carbonyl (C=O) groups is 1. The van der Waals surface area contributed by atoms with E-state index >= 15 is 0 Å². The average molecular weight is 554 g/mol. The Bertz CT molecular complexity index is 1620. The molecule has 0 saturated carbocycles. The maximum Gasteiger partial charge on any atom is 0.290 e. The van der Waals surface area contributed by atoms with Crippen LogP contribution in [0.3, 0.4) is 0 Å². The van der Waals surface area contributed by atoms with Crippen molar-refractivity contribution in [3.05, 3.63) is 82.6 Å². The lowest BCUT2D eigenvalue weighted by atomic mass is 10.2. The van der Waals surface area contributed by atoms with Crippen LogP contribution in [0, 0.1) is 5.82 Å². The van der Waals surface area contributed by atoms with Gasteiger partial charge in [0.15, 0.2) is 22.3 Å². The first-order valence-electron chi connectivity index (χ1n) is 10.8. The summed E-state index contributed by atoms with van der Waals surface area (Å²) in [5.74, 6) is 0.823. The third kappa shape index (κ3) is 4.61. The van der Waals surface area contributed by atoms with Gasteiger partial charge in [-0.25, -0.2) is 9.37 Å². The molecule has 186 valence electrons. The highest BCUT2D eigenvalue weighted by Gasteiger charge is 2.31. The van der Waals surface area contributed by atoms with E-state index in [-0.39, 0.29) is 23.2 Å². The van der Waals surface area contributed by atoms with Crippen LogP contribution in [0.2, 0.25) is 0 Å². The highest BCUT2D eigenvalue weighted by atomic mass is 32.2. The number of nitrogens with zero attached hydrogens (tertiary/aromatic N) is 2. The summed E-state index contributed by atoms with van der Waals surface area (Å²) in [5.41, 5.74) is 0.623. The van der Waals surface area contributed by atoms with Gasteiger partial charge in [-0.2, -0.15) is 0 Å². The lowest BCUT2D eigenvalue weighted by Crippen LogP contribution is -2.27. The number of aliphatic hydroxyl groups excluding tert-OH is 1. The van der Waals surface area contributed by atoms with E-state index in [0.717, 1.165) is 9.77 Å². The number of nitrogens with one attached hydrogen (secondary N) is 1. The standard InChI is InChI=1S/C25H16FN3O5S3/c1-29-21(22(30)23-19(37-29)11-18(36-23)17-3-2-10-32-17)24(31)28-25-27-15(12-35-25)16-8-9-20(34-16)33-14-6-4-13(26)5-7-14/h2-12,30H,1H3,(H,27,28,31). The number of hydrogen-bond donors (Lipinski definition) is 2. The molecule has 5 aromatic rings. The van der Waals surface area contributed by atoms with Crippen molar-refractivity contribution in [2.75, 3.05) is 12.4 Å². The largest absolute Gasteiger partial charge is 0.504 e. The molecule has 0 radical (unpaired) electrons. The molecular weight excluding hydrogens is 537 g/mol. The summed E-state index contributed by atoms with van der Waals surface area (Å²) in [6.45, 7) is 0. The van der Waals surface area contributed by atoms with E-state index in [4.69, 9.17) is 13.6 Å². The van der Waals surface area contributed by atoms with Crippen LogP contribution < -0.4 is 10.1 Å². The van der Waals surface area contributed by atoms with Crippen molar-refractivity contribution >= 4 is 51.4 Å². The molecule has 1 amide bonds. The number of thiophene rings is 1. The summed E-state index contributed by atoms with van der Waals surface area (Å²) < 4.78 is 31.4. The van der Waals surface area contributed by atoms with Crippen LogP contribution in [0.5, 0.6) is 11.7 Å². The molecule has 0 unspecified atom stereocenters. The predicted octanol–water partition coefficient (Wildman–Crippen LogP) is 7.47. The van der Waals surface area contributed by atoms with Gasteiger partial charge >= 0.3 is 0 Å². The summed E-state index contributed by atoms with van der Waals surface area (Å²) in [7, 11) is 1.71. The third-order valence-corrected chi connectivity index (χ3v) is 8.28. The minimum atomic E-state index is -0.494. The monoisotopic (exact) mass is 553 g/mol. The van der Waals surface area contributed by atoms with Gasteiger partial charge in [-0.05, 0) is 60.5 Å². The van der Waals surface area contributed by atoms with Crippen molar-refractivity contribution in [2.45, 2.75) is 4.90 Å². The van der Waals surface area contributed by atoms with Crippen molar-refractivity contribution < 1.29 is 27.9 Å². The Kier molecular flexibility index (Phi) is 5.99. The second kappa shape index (κ2) is 9.47. The topological polar surface area (TPSA) is 101 Å². The van der Waals surface area contributed by atoms with E-state index < -0.39 is 5.91 Å². The number of anilines is 1. The Hall–Kier alpha value is -4.00. The van der Waals surface area contributed by atoms with Gasteiger partial charge in [0, 0.05) is 18.5 Å². The van der Waals surface area contributed by atoms with Crippen molar-refractivity contribution in [1.82, 2.24) is 9.29 Å². The van der Waals surface area contributed by atoms with E-state index in [2.05, 4.69) is 10.3 Å². The molecule has 1 aliphatic heterocycles. The molecule has 8 nitrogen and oxygen atoms in total. The number of likely N-dealkylation sites (N-methyl/N-ethyl adjacent to an activating group) is 1.